The fourth-order valence-electron chi connectivity index (χ4n) is 1.55. The van der Waals surface area contributed by atoms with Crippen LogP contribution < -0.4 is 0 Å². The van der Waals surface area contributed by atoms with Crippen molar-refractivity contribution in [1.29, 1.82) is 0 Å². The third-order valence-corrected chi connectivity index (χ3v) is 2.24. The molecule has 0 aliphatic carbocycles. The van der Waals surface area contributed by atoms with Gasteiger partial charge >= 0.3 is 0 Å². The van der Waals surface area contributed by atoms with E-state index in [0.29, 0.717) is 0 Å². The van der Waals surface area contributed by atoms with Gasteiger partial charge in [0.05, 0.1) is 12.6 Å². The highest BCUT2D eigenvalue weighted by Gasteiger charge is 2.09. The Morgan fingerprint density at radius 1 is 1.23 bits per heavy atom. The van der Waals surface area contributed by atoms with Crippen molar-refractivity contribution in [3.8, 4) is 0 Å². The first-order chi connectivity index (χ1) is 6.43. The van der Waals surface area contributed by atoms with Crippen LogP contribution in [-0.2, 0) is 0 Å². The first kappa shape index (κ1) is 10.4. The minimum Gasteiger partial charge on any atom is -0.303 e. The van der Waals surface area contributed by atoms with Gasteiger partial charge in [0.15, 0.2) is 0 Å². The van der Waals surface area contributed by atoms with Crippen molar-refractivity contribution in [3.05, 3.63) is 0 Å². The average Bonchev–Trinajstić information content (AvgIpc) is 2.63. The van der Waals surface area contributed by atoms with Crippen LogP contribution in [0.3, 0.4) is 0 Å². The standard InChI is InChI=1S/C10H19N3/c1-2-11-10-12-6-5-9-13-7-3-4-8-13/h2-9H2,1H3. The van der Waals surface area contributed by atoms with Crippen LogP contribution in [0.15, 0.2) is 9.98 Å². The largest absolute Gasteiger partial charge is 0.303 e. The summed E-state index contributed by atoms with van der Waals surface area (Å²) in [5, 5.41) is 0. The van der Waals surface area contributed by atoms with Gasteiger partial charge in [-0.1, -0.05) is 0 Å². The normalized spacial score (nSPS) is 17.0. The van der Waals surface area contributed by atoms with Crippen molar-refractivity contribution >= 4 is 6.01 Å². The Morgan fingerprint density at radius 3 is 2.69 bits per heavy atom. The molecule has 3 heteroatoms. The molecule has 0 spiro atoms. The number of nitrogens with zero attached hydrogens (tertiary/aromatic N) is 3. The van der Waals surface area contributed by atoms with Crippen molar-refractivity contribution in [3.63, 3.8) is 0 Å². The lowest BCUT2D eigenvalue weighted by molar-refractivity contribution is 0.336. The minimum atomic E-state index is 0.787. The van der Waals surface area contributed by atoms with Gasteiger partial charge in [0.2, 0.25) is 0 Å². The Kier molecular flexibility index (Phi) is 5.46. The van der Waals surface area contributed by atoms with E-state index in [1.807, 2.05) is 6.92 Å². The molecular weight excluding hydrogens is 162 g/mol. The van der Waals surface area contributed by atoms with Gasteiger partial charge in [0.25, 0.3) is 0 Å². The zero-order valence-corrected chi connectivity index (χ0v) is 8.50. The van der Waals surface area contributed by atoms with Gasteiger partial charge in [-0.3, -0.25) is 0 Å². The van der Waals surface area contributed by atoms with E-state index in [1.165, 1.54) is 32.5 Å². The third-order valence-electron chi connectivity index (χ3n) is 2.24. The van der Waals surface area contributed by atoms with Crippen LogP contribution in [0.2, 0.25) is 0 Å². The molecule has 0 aromatic carbocycles. The maximum absolute atomic E-state index is 4.08. The van der Waals surface area contributed by atoms with Crippen LogP contribution in [0, 0.1) is 0 Å². The summed E-state index contributed by atoms with van der Waals surface area (Å²) in [6, 6.07) is 2.69. The fourth-order valence-corrected chi connectivity index (χ4v) is 1.55. The molecular formula is C10H19N3. The Balaban J connectivity index is 1.97. The lowest BCUT2D eigenvalue weighted by atomic mass is 10.4. The Hall–Kier alpha value is -0.660. The molecule has 0 saturated carbocycles. The first-order valence-electron chi connectivity index (χ1n) is 5.24. The van der Waals surface area contributed by atoms with Crippen LogP contribution in [-0.4, -0.2) is 43.6 Å². The molecule has 0 unspecified atom stereocenters. The molecule has 0 radical (unpaired) electrons. The molecule has 0 aromatic rings. The van der Waals surface area contributed by atoms with E-state index in [0.717, 1.165) is 19.5 Å². The molecule has 74 valence electrons. The van der Waals surface area contributed by atoms with Gasteiger partial charge < -0.3 is 4.90 Å². The summed E-state index contributed by atoms with van der Waals surface area (Å²) in [7, 11) is 0. The van der Waals surface area contributed by atoms with Crippen LogP contribution in [0.25, 0.3) is 0 Å². The van der Waals surface area contributed by atoms with Crippen LogP contribution >= 0.6 is 0 Å². The maximum atomic E-state index is 4.08. The van der Waals surface area contributed by atoms with E-state index in [2.05, 4.69) is 20.9 Å². The van der Waals surface area contributed by atoms with Gasteiger partial charge in [-0.05, 0) is 45.8 Å². The second-order valence-electron chi connectivity index (χ2n) is 3.36. The molecule has 1 fully saturated rings. The summed E-state index contributed by atoms with van der Waals surface area (Å²) >= 11 is 0. The van der Waals surface area contributed by atoms with Crippen molar-refractivity contribution in [2.75, 3.05) is 32.7 Å². The molecule has 1 saturated heterocycles. The smallest absolute Gasteiger partial charge is 0.0892 e. The zero-order valence-electron chi connectivity index (χ0n) is 8.50. The number of aliphatic imine (C=N–C) groups is 2. The molecule has 1 aliphatic rings. The predicted octanol–water partition coefficient (Wildman–Crippen LogP) is 1.67. The topological polar surface area (TPSA) is 28.0 Å². The highest BCUT2D eigenvalue weighted by atomic mass is 15.1. The molecule has 0 atom stereocenters. The summed E-state index contributed by atoms with van der Waals surface area (Å²) < 4.78 is 0. The number of hydrogen-bond acceptors (Lipinski definition) is 3. The van der Waals surface area contributed by atoms with Crippen LogP contribution in [0.5, 0.6) is 0 Å². The Bertz CT molecular complexity index is 177. The minimum absolute atomic E-state index is 0.787. The molecule has 0 amide bonds. The summed E-state index contributed by atoms with van der Waals surface area (Å²) in [6.45, 7) is 7.42. The van der Waals surface area contributed by atoms with E-state index in [9.17, 15) is 0 Å². The van der Waals surface area contributed by atoms with Crippen molar-refractivity contribution in [2.24, 2.45) is 9.98 Å². The highest BCUT2D eigenvalue weighted by Crippen LogP contribution is 2.06. The molecule has 1 aliphatic heterocycles. The molecule has 0 aromatic heterocycles. The van der Waals surface area contributed by atoms with Crippen molar-refractivity contribution < 1.29 is 0 Å². The fraction of sp³-hybridized carbons (Fsp3) is 0.900. The quantitative estimate of drug-likeness (QED) is 0.468. The maximum Gasteiger partial charge on any atom is 0.0892 e. The van der Waals surface area contributed by atoms with Gasteiger partial charge in [0.1, 0.15) is 0 Å². The molecule has 13 heavy (non-hydrogen) atoms. The van der Waals surface area contributed by atoms with Gasteiger partial charge in [0, 0.05) is 6.54 Å². The van der Waals surface area contributed by atoms with Gasteiger partial charge in [-0.25, -0.2) is 9.98 Å². The highest BCUT2D eigenvalue weighted by molar-refractivity contribution is 5.40. The summed E-state index contributed by atoms with van der Waals surface area (Å²) in [6.07, 6.45) is 3.90. The number of hydrogen-bond donors (Lipinski definition) is 0. The number of likely N-dealkylation sites (tertiary alicyclic amines) is 1. The Labute approximate surface area is 80.6 Å². The van der Waals surface area contributed by atoms with E-state index in [-0.39, 0.29) is 0 Å². The van der Waals surface area contributed by atoms with E-state index < -0.39 is 0 Å². The average molecular weight is 181 g/mol. The van der Waals surface area contributed by atoms with Crippen molar-refractivity contribution in [1.82, 2.24) is 4.90 Å². The summed E-state index contributed by atoms with van der Waals surface area (Å²) in [5.41, 5.74) is 0. The first-order valence-corrected chi connectivity index (χ1v) is 5.24. The molecule has 1 heterocycles. The third kappa shape index (κ3) is 4.81. The SMILES string of the molecule is CCN=C=NCCCN1CCCC1. The second-order valence-corrected chi connectivity index (χ2v) is 3.36. The summed E-state index contributed by atoms with van der Waals surface area (Å²) in [5.74, 6) is 0. The lowest BCUT2D eigenvalue weighted by Gasteiger charge is -2.12. The van der Waals surface area contributed by atoms with Crippen LogP contribution in [0.1, 0.15) is 26.2 Å². The van der Waals surface area contributed by atoms with Gasteiger partial charge in [-0.15, -0.1) is 0 Å². The van der Waals surface area contributed by atoms with Crippen molar-refractivity contribution in [2.45, 2.75) is 26.2 Å². The molecule has 3 nitrogen and oxygen atoms in total. The molecule has 0 N–H and O–H groups in total. The van der Waals surface area contributed by atoms with Gasteiger partial charge in [-0.2, -0.15) is 0 Å². The lowest BCUT2D eigenvalue weighted by Crippen LogP contribution is -2.20. The second kappa shape index (κ2) is 6.81. The number of rotatable bonds is 5. The molecule has 1 rings (SSSR count). The predicted molar refractivity (Wildman–Crippen MR) is 55.6 cm³/mol. The summed E-state index contributed by atoms with van der Waals surface area (Å²) in [4.78, 5) is 10.5. The monoisotopic (exact) mass is 181 g/mol. The zero-order chi connectivity index (χ0) is 9.36. The Morgan fingerprint density at radius 2 is 2.00 bits per heavy atom. The van der Waals surface area contributed by atoms with E-state index in [1.54, 1.807) is 0 Å². The van der Waals surface area contributed by atoms with E-state index in [4.69, 9.17) is 0 Å². The van der Waals surface area contributed by atoms with E-state index >= 15 is 0 Å². The van der Waals surface area contributed by atoms with Crippen LogP contribution in [0.4, 0.5) is 0 Å². The molecule has 0 bridgehead atoms.